The Bertz CT molecular complexity index is 104. The summed E-state index contributed by atoms with van der Waals surface area (Å²) in [6.45, 7) is 6.34. The van der Waals surface area contributed by atoms with Crippen molar-refractivity contribution in [3.8, 4) is 0 Å². The molecule has 18 heavy (non-hydrogen) atoms. The van der Waals surface area contributed by atoms with Crippen molar-refractivity contribution in [3.63, 3.8) is 0 Å². The third-order valence-electron chi connectivity index (χ3n) is 1.22. The lowest BCUT2D eigenvalue weighted by atomic mass is 10.5. The van der Waals surface area contributed by atoms with Crippen LogP contribution in [0.15, 0.2) is 0 Å². The van der Waals surface area contributed by atoms with E-state index in [1.165, 1.54) is 0 Å². The predicted octanol–water partition coefficient (Wildman–Crippen LogP) is 0.0408. The molecule has 0 saturated heterocycles. The average molecular weight is 270 g/mol. The summed E-state index contributed by atoms with van der Waals surface area (Å²) in [5.41, 5.74) is 0. The fourth-order valence-electron chi connectivity index (χ4n) is 0.724. The maximum absolute atomic E-state index is 8.43. The Morgan fingerprint density at radius 2 is 0.778 bits per heavy atom. The molecule has 0 aromatic carbocycles. The number of methoxy groups -OCH3 is 3. The fourth-order valence-corrected chi connectivity index (χ4v) is 0.724. The van der Waals surface area contributed by atoms with E-state index in [2.05, 4.69) is 14.2 Å². The van der Waals surface area contributed by atoms with Crippen LogP contribution in [0.4, 0.5) is 0 Å². The first kappa shape index (κ1) is 22.9. The van der Waals surface area contributed by atoms with Gasteiger partial charge in [-0.2, -0.15) is 0 Å². The van der Waals surface area contributed by atoms with Gasteiger partial charge in [0.05, 0.1) is 38.1 Å². The lowest BCUT2D eigenvalue weighted by Gasteiger charge is -1.97. The molecule has 0 aliphatic carbocycles. The van der Waals surface area contributed by atoms with Gasteiger partial charge in [0.25, 0.3) is 0 Å². The van der Waals surface area contributed by atoms with Crippen LogP contribution in [-0.4, -0.2) is 74.8 Å². The van der Waals surface area contributed by atoms with Crippen LogP contribution >= 0.6 is 0 Å². The van der Waals surface area contributed by atoms with Crippen molar-refractivity contribution in [2.24, 2.45) is 0 Å². The van der Waals surface area contributed by atoms with Crippen LogP contribution in [0.1, 0.15) is 20.8 Å². The molecule has 0 amide bonds. The quantitative estimate of drug-likeness (QED) is 0.631. The molecule has 0 heterocycles. The van der Waals surface area contributed by atoms with E-state index in [9.17, 15) is 0 Å². The van der Waals surface area contributed by atoms with Crippen LogP contribution in [0.2, 0.25) is 0 Å². The summed E-state index contributed by atoms with van der Waals surface area (Å²) in [5, 5.41) is 25.3. The van der Waals surface area contributed by atoms with E-state index in [0.717, 1.165) is 0 Å². The Balaban J connectivity index is -0.000000187. The van der Waals surface area contributed by atoms with Gasteiger partial charge in [-0.3, -0.25) is 0 Å². The second-order valence-corrected chi connectivity index (χ2v) is 3.91. The zero-order chi connectivity index (χ0) is 15.0. The number of aliphatic hydroxyl groups excluding tert-OH is 3. The van der Waals surface area contributed by atoms with Crippen molar-refractivity contribution in [2.75, 3.05) is 41.2 Å². The summed E-state index contributed by atoms with van der Waals surface area (Å²) in [5.74, 6) is 0. The van der Waals surface area contributed by atoms with Crippen LogP contribution in [-0.2, 0) is 14.2 Å². The summed E-state index contributed by atoms with van der Waals surface area (Å²) in [6, 6.07) is 0. The van der Waals surface area contributed by atoms with Crippen molar-refractivity contribution < 1.29 is 29.5 Å². The highest BCUT2D eigenvalue weighted by atomic mass is 16.5. The van der Waals surface area contributed by atoms with Crippen LogP contribution < -0.4 is 0 Å². The summed E-state index contributed by atoms with van der Waals surface area (Å²) < 4.78 is 13.7. The van der Waals surface area contributed by atoms with Gasteiger partial charge in [-0.15, -0.1) is 0 Å². The minimum atomic E-state index is -0.324. The van der Waals surface area contributed by atoms with Crippen LogP contribution in [0, 0.1) is 0 Å². The largest absolute Gasteiger partial charge is 0.391 e. The van der Waals surface area contributed by atoms with E-state index >= 15 is 0 Å². The van der Waals surface area contributed by atoms with E-state index < -0.39 is 0 Å². The van der Waals surface area contributed by atoms with E-state index in [1.54, 1.807) is 42.1 Å². The molecule has 0 rings (SSSR count). The molecule has 0 spiro atoms. The SMILES string of the molecule is COCC(C)O.COCC(C)O.COCC(C)O. The van der Waals surface area contributed by atoms with Crippen molar-refractivity contribution in [2.45, 2.75) is 39.1 Å². The molecule has 0 aliphatic heterocycles. The molecule has 0 fully saturated rings. The van der Waals surface area contributed by atoms with Gasteiger partial charge >= 0.3 is 0 Å². The molecular weight excluding hydrogens is 240 g/mol. The molecule has 0 bridgehead atoms. The minimum Gasteiger partial charge on any atom is -0.391 e. The monoisotopic (exact) mass is 270 g/mol. The minimum absolute atomic E-state index is 0.324. The molecule has 114 valence electrons. The number of hydrogen-bond acceptors (Lipinski definition) is 6. The average Bonchev–Trinajstić information content (AvgIpc) is 2.18. The molecular formula is C12H30O6. The number of ether oxygens (including phenoxy) is 3. The zero-order valence-corrected chi connectivity index (χ0v) is 12.4. The third kappa shape index (κ3) is 44.7. The third-order valence-corrected chi connectivity index (χ3v) is 1.22. The van der Waals surface area contributed by atoms with Gasteiger partial charge in [0.1, 0.15) is 0 Å². The number of rotatable bonds is 6. The second kappa shape index (κ2) is 19.1. The zero-order valence-electron chi connectivity index (χ0n) is 12.4. The van der Waals surface area contributed by atoms with Gasteiger partial charge in [0.15, 0.2) is 0 Å². The van der Waals surface area contributed by atoms with Gasteiger partial charge in [0.2, 0.25) is 0 Å². The predicted molar refractivity (Wildman–Crippen MR) is 70.7 cm³/mol. The Labute approximate surface area is 110 Å². The maximum atomic E-state index is 8.43. The Hall–Kier alpha value is -0.240. The molecule has 0 aromatic rings. The molecule has 0 saturated carbocycles. The molecule has 3 unspecified atom stereocenters. The van der Waals surface area contributed by atoms with Crippen LogP contribution in [0.25, 0.3) is 0 Å². The Kier molecular flexibility index (Phi) is 24.3. The maximum Gasteiger partial charge on any atom is 0.0745 e. The van der Waals surface area contributed by atoms with E-state index in [-0.39, 0.29) is 18.3 Å². The summed E-state index contributed by atoms with van der Waals surface area (Å²) in [4.78, 5) is 0. The summed E-state index contributed by atoms with van der Waals surface area (Å²) in [7, 11) is 4.69. The fraction of sp³-hybridized carbons (Fsp3) is 1.00. The molecule has 3 N–H and O–H groups in total. The van der Waals surface area contributed by atoms with Gasteiger partial charge in [-0.25, -0.2) is 0 Å². The first-order valence-electron chi connectivity index (χ1n) is 5.82. The Morgan fingerprint density at radius 1 is 0.611 bits per heavy atom. The smallest absolute Gasteiger partial charge is 0.0745 e. The first-order valence-corrected chi connectivity index (χ1v) is 5.82. The number of hydrogen-bond donors (Lipinski definition) is 3. The van der Waals surface area contributed by atoms with Gasteiger partial charge in [-0.1, -0.05) is 0 Å². The van der Waals surface area contributed by atoms with E-state index in [1.807, 2.05) is 0 Å². The highest BCUT2D eigenvalue weighted by molar-refractivity contribution is 4.37. The first-order chi connectivity index (χ1) is 8.31. The molecule has 3 atom stereocenters. The Morgan fingerprint density at radius 3 is 0.778 bits per heavy atom. The highest BCUT2D eigenvalue weighted by Crippen LogP contribution is 1.76. The molecule has 0 radical (unpaired) electrons. The highest BCUT2D eigenvalue weighted by Gasteiger charge is 1.88. The van der Waals surface area contributed by atoms with E-state index in [0.29, 0.717) is 19.8 Å². The molecule has 6 nitrogen and oxygen atoms in total. The van der Waals surface area contributed by atoms with Gasteiger partial charge in [-0.05, 0) is 20.8 Å². The van der Waals surface area contributed by atoms with Crippen molar-refractivity contribution in [1.29, 1.82) is 0 Å². The van der Waals surface area contributed by atoms with E-state index in [4.69, 9.17) is 15.3 Å². The van der Waals surface area contributed by atoms with Crippen molar-refractivity contribution >= 4 is 0 Å². The van der Waals surface area contributed by atoms with Crippen LogP contribution in [0.3, 0.4) is 0 Å². The standard InChI is InChI=1S/3C4H10O2/c3*1-4(5)3-6-2/h3*4-5H,3H2,1-2H3. The van der Waals surface area contributed by atoms with Gasteiger partial charge < -0.3 is 29.5 Å². The lowest BCUT2D eigenvalue weighted by Crippen LogP contribution is -2.07. The van der Waals surface area contributed by atoms with Gasteiger partial charge in [0, 0.05) is 21.3 Å². The summed E-state index contributed by atoms with van der Waals surface area (Å²) >= 11 is 0. The second-order valence-electron chi connectivity index (χ2n) is 3.91. The molecule has 6 heteroatoms. The summed E-state index contributed by atoms with van der Waals surface area (Å²) in [6.07, 6.45) is -0.972. The van der Waals surface area contributed by atoms with Crippen molar-refractivity contribution in [1.82, 2.24) is 0 Å². The van der Waals surface area contributed by atoms with Crippen LogP contribution in [0.5, 0.6) is 0 Å². The lowest BCUT2D eigenvalue weighted by molar-refractivity contribution is 0.0764. The molecule has 0 aromatic heterocycles. The number of aliphatic hydroxyl groups is 3. The molecule has 0 aliphatic rings. The normalized spacial score (nSPS) is 14.5. The topological polar surface area (TPSA) is 88.4 Å². The van der Waals surface area contributed by atoms with Crippen molar-refractivity contribution in [3.05, 3.63) is 0 Å².